The van der Waals surface area contributed by atoms with Gasteiger partial charge in [-0.05, 0) is 69.2 Å². The Balaban J connectivity index is 1.97. The molecule has 0 amide bonds. The summed E-state index contributed by atoms with van der Waals surface area (Å²) in [6, 6.07) is 0. The SMILES string of the molecule is CCC1CCC2(C1)C(CNC(C)(C)C)C2(C)C. The first-order chi connectivity index (χ1) is 7.73. The molecule has 0 aliphatic heterocycles. The molecule has 100 valence electrons. The molecule has 0 bridgehead atoms. The standard InChI is InChI=1S/C16H31N/c1-7-12-8-9-16(10-12)13(15(16,5)6)11-17-14(2,3)4/h12-13,17H,7-11H2,1-6H3. The van der Waals surface area contributed by atoms with Crippen molar-refractivity contribution in [1.29, 1.82) is 0 Å². The van der Waals surface area contributed by atoms with E-state index < -0.39 is 0 Å². The third kappa shape index (κ3) is 2.16. The van der Waals surface area contributed by atoms with Gasteiger partial charge in [-0.3, -0.25) is 0 Å². The fraction of sp³-hybridized carbons (Fsp3) is 1.00. The quantitative estimate of drug-likeness (QED) is 0.774. The van der Waals surface area contributed by atoms with Crippen LogP contribution in [-0.2, 0) is 0 Å². The Morgan fingerprint density at radius 3 is 2.35 bits per heavy atom. The predicted molar refractivity (Wildman–Crippen MR) is 75.1 cm³/mol. The molecule has 17 heavy (non-hydrogen) atoms. The number of hydrogen-bond acceptors (Lipinski definition) is 1. The molecule has 3 unspecified atom stereocenters. The van der Waals surface area contributed by atoms with E-state index in [1.54, 1.807) is 0 Å². The molecule has 0 radical (unpaired) electrons. The molecule has 1 heteroatoms. The van der Waals surface area contributed by atoms with Gasteiger partial charge in [0.25, 0.3) is 0 Å². The first-order valence-electron chi connectivity index (χ1n) is 7.48. The van der Waals surface area contributed by atoms with Crippen molar-refractivity contribution in [3.05, 3.63) is 0 Å². The predicted octanol–water partition coefficient (Wildman–Crippen LogP) is 4.23. The average molecular weight is 237 g/mol. The summed E-state index contributed by atoms with van der Waals surface area (Å²) in [7, 11) is 0. The van der Waals surface area contributed by atoms with Gasteiger partial charge >= 0.3 is 0 Å². The van der Waals surface area contributed by atoms with Crippen LogP contribution in [0.5, 0.6) is 0 Å². The lowest BCUT2D eigenvalue weighted by atomic mass is 9.92. The van der Waals surface area contributed by atoms with Gasteiger partial charge < -0.3 is 5.32 Å². The fourth-order valence-corrected chi connectivity index (χ4v) is 4.35. The Labute approximate surface area is 108 Å². The minimum Gasteiger partial charge on any atom is -0.312 e. The first kappa shape index (κ1) is 13.4. The second kappa shape index (κ2) is 3.98. The van der Waals surface area contributed by atoms with Crippen LogP contribution in [0.1, 0.15) is 67.2 Å². The van der Waals surface area contributed by atoms with E-state index in [9.17, 15) is 0 Å². The van der Waals surface area contributed by atoms with Gasteiger partial charge in [0.2, 0.25) is 0 Å². The zero-order valence-electron chi connectivity index (χ0n) is 12.7. The van der Waals surface area contributed by atoms with Crippen LogP contribution >= 0.6 is 0 Å². The maximum absolute atomic E-state index is 3.72. The van der Waals surface area contributed by atoms with Crippen LogP contribution in [-0.4, -0.2) is 12.1 Å². The van der Waals surface area contributed by atoms with E-state index in [0.29, 0.717) is 10.8 Å². The zero-order valence-corrected chi connectivity index (χ0v) is 12.7. The number of hydrogen-bond donors (Lipinski definition) is 1. The molecule has 1 nitrogen and oxygen atoms in total. The monoisotopic (exact) mass is 237 g/mol. The third-order valence-corrected chi connectivity index (χ3v) is 5.80. The van der Waals surface area contributed by atoms with E-state index in [1.807, 2.05) is 0 Å². The highest BCUT2D eigenvalue weighted by atomic mass is 15.0. The lowest BCUT2D eigenvalue weighted by Gasteiger charge is -2.21. The van der Waals surface area contributed by atoms with Crippen LogP contribution in [0.15, 0.2) is 0 Å². The molecule has 2 rings (SSSR count). The van der Waals surface area contributed by atoms with E-state index in [2.05, 4.69) is 46.9 Å². The summed E-state index contributed by atoms with van der Waals surface area (Å²) < 4.78 is 0. The summed E-state index contributed by atoms with van der Waals surface area (Å²) >= 11 is 0. The van der Waals surface area contributed by atoms with Crippen molar-refractivity contribution in [3.8, 4) is 0 Å². The number of nitrogens with one attached hydrogen (secondary N) is 1. The van der Waals surface area contributed by atoms with Crippen LogP contribution in [0.2, 0.25) is 0 Å². The lowest BCUT2D eigenvalue weighted by Crippen LogP contribution is -2.38. The fourth-order valence-electron chi connectivity index (χ4n) is 4.35. The molecule has 2 saturated carbocycles. The largest absolute Gasteiger partial charge is 0.312 e. The van der Waals surface area contributed by atoms with Crippen LogP contribution in [0, 0.1) is 22.7 Å². The summed E-state index contributed by atoms with van der Waals surface area (Å²) in [4.78, 5) is 0. The van der Waals surface area contributed by atoms with E-state index in [4.69, 9.17) is 0 Å². The van der Waals surface area contributed by atoms with Crippen molar-refractivity contribution in [3.63, 3.8) is 0 Å². The Morgan fingerprint density at radius 1 is 1.24 bits per heavy atom. The molecule has 1 spiro atoms. The van der Waals surface area contributed by atoms with E-state index >= 15 is 0 Å². The molecular weight excluding hydrogens is 206 g/mol. The molecule has 0 saturated heterocycles. The molecule has 0 aromatic heterocycles. The Kier molecular flexibility index (Phi) is 3.14. The third-order valence-electron chi connectivity index (χ3n) is 5.80. The summed E-state index contributed by atoms with van der Waals surface area (Å²) in [5, 5.41) is 3.72. The molecule has 0 aromatic carbocycles. The van der Waals surface area contributed by atoms with Crippen LogP contribution in [0.4, 0.5) is 0 Å². The Hall–Kier alpha value is -0.0400. The molecule has 1 N–H and O–H groups in total. The van der Waals surface area contributed by atoms with Crippen molar-refractivity contribution in [2.75, 3.05) is 6.54 Å². The van der Waals surface area contributed by atoms with Gasteiger partial charge in [0.05, 0.1) is 0 Å². The van der Waals surface area contributed by atoms with Crippen LogP contribution in [0.25, 0.3) is 0 Å². The maximum Gasteiger partial charge on any atom is 0.00966 e. The number of rotatable bonds is 3. The second-order valence-corrected chi connectivity index (χ2v) is 8.08. The molecule has 0 aromatic rings. The highest BCUT2D eigenvalue weighted by Crippen LogP contribution is 2.76. The second-order valence-electron chi connectivity index (χ2n) is 8.08. The lowest BCUT2D eigenvalue weighted by molar-refractivity contribution is 0.360. The van der Waals surface area contributed by atoms with E-state index in [1.165, 1.54) is 32.2 Å². The molecule has 2 aliphatic rings. The van der Waals surface area contributed by atoms with Crippen molar-refractivity contribution >= 4 is 0 Å². The highest BCUT2D eigenvalue weighted by molar-refractivity contribution is 5.20. The normalized spacial score (nSPS) is 39.9. The summed E-state index contributed by atoms with van der Waals surface area (Å²) in [5.74, 6) is 1.92. The Morgan fingerprint density at radius 2 is 1.88 bits per heavy atom. The molecule has 2 aliphatic carbocycles. The minimum atomic E-state index is 0.266. The minimum absolute atomic E-state index is 0.266. The van der Waals surface area contributed by atoms with E-state index in [0.717, 1.165) is 11.8 Å². The average Bonchev–Trinajstić information content (AvgIpc) is 2.56. The van der Waals surface area contributed by atoms with Crippen molar-refractivity contribution < 1.29 is 0 Å². The highest BCUT2D eigenvalue weighted by Gasteiger charge is 2.71. The van der Waals surface area contributed by atoms with Gasteiger partial charge in [0.15, 0.2) is 0 Å². The smallest absolute Gasteiger partial charge is 0.00966 e. The van der Waals surface area contributed by atoms with Crippen LogP contribution in [0.3, 0.4) is 0 Å². The van der Waals surface area contributed by atoms with Crippen molar-refractivity contribution in [2.45, 2.75) is 72.8 Å². The van der Waals surface area contributed by atoms with Gasteiger partial charge in [-0.1, -0.05) is 27.2 Å². The van der Waals surface area contributed by atoms with Crippen LogP contribution < -0.4 is 5.32 Å². The molecular formula is C16H31N. The van der Waals surface area contributed by atoms with Gasteiger partial charge in [0, 0.05) is 5.54 Å². The van der Waals surface area contributed by atoms with Crippen molar-refractivity contribution in [2.24, 2.45) is 22.7 Å². The summed E-state index contributed by atoms with van der Waals surface area (Å²) in [6.07, 6.45) is 5.84. The van der Waals surface area contributed by atoms with Gasteiger partial charge in [-0.15, -0.1) is 0 Å². The topological polar surface area (TPSA) is 12.0 Å². The Bertz CT molecular complexity index is 286. The summed E-state index contributed by atoms with van der Waals surface area (Å²) in [6.45, 7) is 15.4. The summed E-state index contributed by atoms with van der Waals surface area (Å²) in [5.41, 5.74) is 1.53. The van der Waals surface area contributed by atoms with Crippen molar-refractivity contribution in [1.82, 2.24) is 5.32 Å². The van der Waals surface area contributed by atoms with Gasteiger partial charge in [-0.2, -0.15) is 0 Å². The van der Waals surface area contributed by atoms with E-state index in [-0.39, 0.29) is 5.54 Å². The van der Waals surface area contributed by atoms with Gasteiger partial charge in [-0.25, -0.2) is 0 Å². The zero-order chi connectivity index (χ0) is 12.9. The first-order valence-corrected chi connectivity index (χ1v) is 7.48. The molecule has 0 heterocycles. The van der Waals surface area contributed by atoms with Gasteiger partial charge in [0.1, 0.15) is 0 Å². The molecule has 2 fully saturated rings. The molecule has 3 atom stereocenters. The maximum atomic E-state index is 3.72.